The predicted molar refractivity (Wildman–Crippen MR) is 109 cm³/mol. The van der Waals surface area contributed by atoms with E-state index in [1.165, 1.54) is 32.1 Å². The molecule has 0 N–H and O–H groups in total. The number of para-hydroxylation sites is 1. The first kappa shape index (κ1) is 20.2. The second-order valence-electron chi connectivity index (χ2n) is 6.80. The highest BCUT2D eigenvalue weighted by Gasteiger charge is 2.14. The first-order valence-corrected chi connectivity index (χ1v) is 9.93. The van der Waals surface area contributed by atoms with Crippen LogP contribution in [0.4, 0.5) is 0 Å². The summed E-state index contributed by atoms with van der Waals surface area (Å²) < 4.78 is 5.70. The Morgan fingerprint density at radius 1 is 1.08 bits per heavy atom. The molecular weight excluding hydrogens is 322 g/mol. The maximum absolute atomic E-state index is 12.0. The molecule has 140 valence electrons. The fourth-order valence-electron chi connectivity index (χ4n) is 3.02. The van der Waals surface area contributed by atoms with Gasteiger partial charge in [-0.15, -0.1) is 0 Å². The Labute approximate surface area is 157 Å². The van der Waals surface area contributed by atoms with Crippen LogP contribution in [0.5, 0.6) is 5.75 Å². The van der Waals surface area contributed by atoms with Crippen molar-refractivity contribution in [1.29, 1.82) is 0 Å². The van der Waals surface area contributed by atoms with Gasteiger partial charge in [-0.05, 0) is 44.4 Å². The van der Waals surface area contributed by atoms with Crippen molar-refractivity contribution in [2.75, 3.05) is 0 Å². The number of rotatable bonds is 10. The van der Waals surface area contributed by atoms with Gasteiger partial charge >= 0.3 is 5.97 Å². The van der Waals surface area contributed by atoms with E-state index in [1.807, 2.05) is 38.1 Å². The topological polar surface area (TPSA) is 39.2 Å². The lowest BCUT2D eigenvalue weighted by molar-refractivity contribution is -0.134. The summed E-state index contributed by atoms with van der Waals surface area (Å²) in [7, 11) is 0. The van der Waals surface area contributed by atoms with E-state index in [1.54, 1.807) is 0 Å². The highest BCUT2D eigenvalue weighted by atomic mass is 16.5. The van der Waals surface area contributed by atoms with Gasteiger partial charge < -0.3 is 4.74 Å². The molecule has 0 saturated heterocycles. The van der Waals surface area contributed by atoms with E-state index < -0.39 is 0 Å². The van der Waals surface area contributed by atoms with Gasteiger partial charge in [0.1, 0.15) is 5.75 Å². The molecule has 2 rings (SSSR count). The molecule has 0 bridgehead atoms. The molecular formula is C23H31NO2. The Kier molecular flexibility index (Phi) is 8.33. The number of aromatic nitrogens is 1. The molecule has 1 aromatic carbocycles. The van der Waals surface area contributed by atoms with E-state index in [-0.39, 0.29) is 5.97 Å². The second kappa shape index (κ2) is 10.7. The number of carbonyl (C=O) groups excluding carboxylic acids is 1. The van der Waals surface area contributed by atoms with Gasteiger partial charge in [0.15, 0.2) is 0 Å². The zero-order valence-electron chi connectivity index (χ0n) is 16.4. The Balaban J connectivity index is 2.18. The van der Waals surface area contributed by atoms with Gasteiger partial charge in [-0.2, -0.15) is 0 Å². The number of fused-ring (bicyclic) bond motifs is 1. The smallest absolute Gasteiger partial charge is 0.311 e. The van der Waals surface area contributed by atoms with Crippen LogP contribution in [0.2, 0.25) is 0 Å². The molecule has 0 saturated carbocycles. The lowest BCUT2D eigenvalue weighted by Crippen LogP contribution is -2.09. The Morgan fingerprint density at radius 3 is 2.62 bits per heavy atom. The third-order valence-corrected chi connectivity index (χ3v) is 4.53. The fourth-order valence-corrected chi connectivity index (χ4v) is 3.02. The maximum Gasteiger partial charge on any atom is 0.311 e. The van der Waals surface area contributed by atoms with Gasteiger partial charge in [0, 0.05) is 17.4 Å². The SMILES string of the molecule is CCCCCCCC=Cc1nc2ccccc2c(OC(=O)CCC)c1C. The van der Waals surface area contributed by atoms with Crippen LogP contribution in [0.15, 0.2) is 30.3 Å². The van der Waals surface area contributed by atoms with Crippen LogP contribution in [0.1, 0.15) is 76.5 Å². The third kappa shape index (κ3) is 5.69. The molecule has 0 aliphatic carbocycles. The molecule has 2 aromatic rings. The quantitative estimate of drug-likeness (QED) is 0.356. The molecule has 1 aromatic heterocycles. The number of nitrogens with zero attached hydrogens (tertiary/aromatic N) is 1. The first-order valence-electron chi connectivity index (χ1n) is 9.93. The summed E-state index contributed by atoms with van der Waals surface area (Å²) in [5, 5.41) is 0.895. The van der Waals surface area contributed by atoms with Crippen molar-refractivity contribution in [1.82, 2.24) is 4.98 Å². The van der Waals surface area contributed by atoms with Crippen molar-refractivity contribution in [3.8, 4) is 5.75 Å². The Morgan fingerprint density at radius 2 is 1.85 bits per heavy atom. The molecule has 0 unspecified atom stereocenters. The van der Waals surface area contributed by atoms with E-state index in [0.29, 0.717) is 12.2 Å². The minimum Gasteiger partial charge on any atom is -0.425 e. The molecule has 3 nitrogen and oxygen atoms in total. The number of esters is 1. The standard InChI is InChI=1S/C23H31NO2/c1-4-6-7-8-9-10-11-16-20-18(3)23(26-22(25)14-5-2)19-15-12-13-17-21(19)24-20/h11-13,15-17H,4-10,14H2,1-3H3. The molecule has 0 spiro atoms. The number of pyridine rings is 1. The van der Waals surface area contributed by atoms with Crippen molar-refractivity contribution in [3.05, 3.63) is 41.6 Å². The van der Waals surface area contributed by atoms with Crippen LogP contribution < -0.4 is 4.74 Å². The van der Waals surface area contributed by atoms with E-state index in [0.717, 1.165) is 35.0 Å². The molecule has 1 heterocycles. The molecule has 0 radical (unpaired) electrons. The minimum absolute atomic E-state index is 0.183. The molecule has 0 aliphatic heterocycles. The lowest BCUT2D eigenvalue weighted by Gasteiger charge is -2.12. The molecule has 0 aliphatic rings. The number of hydrogen-bond acceptors (Lipinski definition) is 3. The summed E-state index contributed by atoms with van der Waals surface area (Å²) >= 11 is 0. The summed E-state index contributed by atoms with van der Waals surface area (Å²) in [6, 6.07) is 7.84. The van der Waals surface area contributed by atoms with Crippen LogP contribution in [0.3, 0.4) is 0 Å². The highest BCUT2D eigenvalue weighted by molar-refractivity contribution is 5.90. The Bertz CT molecular complexity index is 749. The van der Waals surface area contributed by atoms with Crippen molar-refractivity contribution >= 4 is 22.9 Å². The summed E-state index contributed by atoms with van der Waals surface area (Å²) in [5.74, 6) is 0.467. The lowest BCUT2D eigenvalue weighted by atomic mass is 10.1. The normalized spacial score (nSPS) is 11.3. The Hall–Kier alpha value is -2.16. The predicted octanol–water partition coefficient (Wildman–Crippen LogP) is 6.62. The van der Waals surface area contributed by atoms with E-state index in [4.69, 9.17) is 9.72 Å². The van der Waals surface area contributed by atoms with Crippen molar-refractivity contribution in [3.63, 3.8) is 0 Å². The van der Waals surface area contributed by atoms with Crippen molar-refractivity contribution in [2.45, 2.75) is 72.1 Å². The molecule has 0 fully saturated rings. The average molecular weight is 354 g/mol. The summed E-state index contributed by atoms with van der Waals surface area (Å²) in [6.07, 6.45) is 12.9. The largest absolute Gasteiger partial charge is 0.425 e. The number of carbonyl (C=O) groups is 1. The number of hydrogen-bond donors (Lipinski definition) is 0. The van der Waals surface area contributed by atoms with Crippen molar-refractivity contribution in [2.24, 2.45) is 0 Å². The summed E-state index contributed by atoms with van der Waals surface area (Å²) in [6.45, 7) is 6.20. The number of allylic oxidation sites excluding steroid dienone is 1. The van der Waals surface area contributed by atoms with Gasteiger partial charge in [-0.3, -0.25) is 4.79 Å². The van der Waals surface area contributed by atoms with Gasteiger partial charge in [-0.1, -0.05) is 57.7 Å². The highest BCUT2D eigenvalue weighted by Crippen LogP contribution is 2.31. The van der Waals surface area contributed by atoms with Gasteiger partial charge in [0.2, 0.25) is 0 Å². The second-order valence-corrected chi connectivity index (χ2v) is 6.80. The van der Waals surface area contributed by atoms with E-state index in [2.05, 4.69) is 19.1 Å². The zero-order chi connectivity index (χ0) is 18.8. The minimum atomic E-state index is -0.183. The van der Waals surface area contributed by atoms with Crippen LogP contribution in [-0.2, 0) is 4.79 Å². The molecule has 26 heavy (non-hydrogen) atoms. The van der Waals surface area contributed by atoms with Crippen LogP contribution >= 0.6 is 0 Å². The van der Waals surface area contributed by atoms with E-state index in [9.17, 15) is 4.79 Å². The molecule has 0 atom stereocenters. The summed E-state index contributed by atoms with van der Waals surface area (Å²) in [4.78, 5) is 16.8. The maximum atomic E-state index is 12.0. The third-order valence-electron chi connectivity index (χ3n) is 4.53. The average Bonchev–Trinajstić information content (AvgIpc) is 2.64. The number of ether oxygens (including phenoxy) is 1. The van der Waals surface area contributed by atoms with Gasteiger partial charge in [0.05, 0.1) is 11.2 Å². The van der Waals surface area contributed by atoms with E-state index >= 15 is 0 Å². The number of unbranched alkanes of at least 4 members (excludes halogenated alkanes) is 5. The first-order chi connectivity index (χ1) is 12.7. The monoisotopic (exact) mass is 353 g/mol. The number of benzene rings is 1. The molecule has 3 heteroatoms. The van der Waals surface area contributed by atoms with Gasteiger partial charge in [0.25, 0.3) is 0 Å². The van der Waals surface area contributed by atoms with Crippen LogP contribution in [0.25, 0.3) is 17.0 Å². The van der Waals surface area contributed by atoms with Crippen molar-refractivity contribution < 1.29 is 9.53 Å². The fraction of sp³-hybridized carbons (Fsp3) is 0.478. The summed E-state index contributed by atoms with van der Waals surface area (Å²) in [5.41, 5.74) is 2.67. The van der Waals surface area contributed by atoms with Crippen LogP contribution in [-0.4, -0.2) is 11.0 Å². The van der Waals surface area contributed by atoms with Gasteiger partial charge in [-0.25, -0.2) is 4.98 Å². The molecule has 0 amide bonds. The zero-order valence-corrected chi connectivity index (χ0v) is 16.4. The van der Waals surface area contributed by atoms with Crippen LogP contribution in [0, 0.1) is 6.92 Å².